The summed E-state index contributed by atoms with van der Waals surface area (Å²) in [6, 6.07) is 2.05. The number of pyridine rings is 1. The zero-order valence-electron chi connectivity index (χ0n) is 11.0. The zero-order chi connectivity index (χ0) is 12.7. The van der Waals surface area contributed by atoms with Gasteiger partial charge in [0.15, 0.2) is 0 Å². The van der Waals surface area contributed by atoms with Gasteiger partial charge < -0.3 is 5.73 Å². The van der Waals surface area contributed by atoms with Crippen LogP contribution in [0.25, 0.3) is 0 Å². The minimum Gasteiger partial charge on any atom is -0.321 e. The van der Waals surface area contributed by atoms with Gasteiger partial charge in [-0.3, -0.25) is 0 Å². The first-order valence-corrected chi connectivity index (χ1v) is 5.88. The maximum absolute atomic E-state index is 6.41. The van der Waals surface area contributed by atoms with E-state index < -0.39 is 5.54 Å². The van der Waals surface area contributed by atoms with Crippen molar-refractivity contribution in [1.82, 2.24) is 4.98 Å². The molecule has 2 nitrogen and oxygen atoms in total. The maximum Gasteiger partial charge on any atom is 0.134 e. The van der Waals surface area contributed by atoms with Crippen LogP contribution in [0.4, 0.5) is 0 Å². The molecule has 0 aliphatic carbocycles. The molecule has 90 valence electrons. The van der Waals surface area contributed by atoms with Crippen molar-refractivity contribution in [2.24, 2.45) is 11.1 Å². The Kier molecular flexibility index (Phi) is 3.37. The van der Waals surface area contributed by atoms with Crippen molar-refractivity contribution in [3.8, 4) is 0 Å². The summed E-state index contributed by atoms with van der Waals surface area (Å²) in [5, 5.41) is 0.517. The highest BCUT2D eigenvalue weighted by Gasteiger charge is 2.37. The largest absolute Gasteiger partial charge is 0.321 e. The summed E-state index contributed by atoms with van der Waals surface area (Å²) >= 11 is 6.20. The van der Waals surface area contributed by atoms with Gasteiger partial charge in [-0.2, -0.15) is 0 Å². The Bertz CT molecular complexity index is 403. The predicted octanol–water partition coefficient (Wildman–Crippen LogP) is 3.57. The van der Waals surface area contributed by atoms with E-state index in [4.69, 9.17) is 17.3 Å². The molecule has 1 heterocycles. The van der Waals surface area contributed by atoms with Crippen LogP contribution in [0.2, 0.25) is 5.15 Å². The van der Waals surface area contributed by atoms with Crippen molar-refractivity contribution in [2.45, 2.75) is 47.1 Å². The van der Waals surface area contributed by atoms with Gasteiger partial charge in [-0.15, -0.1) is 0 Å². The summed E-state index contributed by atoms with van der Waals surface area (Å²) in [4.78, 5) is 4.34. The van der Waals surface area contributed by atoms with Crippen molar-refractivity contribution in [3.05, 3.63) is 28.0 Å². The number of aryl methyl sites for hydroxylation is 2. The minimum absolute atomic E-state index is 0.0694. The van der Waals surface area contributed by atoms with E-state index in [1.165, 1.54) is 0 Å². The summed E-state index contributed by atoms with van der Waals surface area (Å²) in [6.45, 7) is 12.3. The molecule has 3 heteroatoms. The van der Waals surface area contributed by atoms with Crippen LogP contribution in [-0.4, -0.2) is 4.98 Å². The predicted molar refractivity (Wildman–Crippen MR) is 69.7 cm³/mol. The summed E-state index contributed by atoms with van der Waals surface area (Å²) < 4.78 is 0. The lowest BCUT2D eigenvalue weighted by Crippen LogP contribution is -2.46. The second-order valence-corrected chi connectivity index (χ2v) is 6.04. The monoisotopic (exact) mass is 240 g/mol. The normalized spacial score (nSPS) is 16.0. The van der Waals surface area contributed by atoms with E-state index in [1.807, 2.05) is 20.8 Å². The van der Waals surface area contributed by atoms with Gasteiger partial charge in [-0.1, -0.05) is 32.4 Å². The van der Waals surface area contributed by atoms with Crippen LogP contribution in [0.15, 0.2) is 6.07 Å². The van der Waals surface area contributed by atoms with Crippen LogP contribution in [-0.2, 0) is 5.54 Å². The molecule has 0 saturated heterocycles. The summed E-state index contributed by atoms with van der Waals surface area (Å²) in [5.74, 6) is 0. The molecule has 0 aliphatic rings. The van der Waals surface area contributed by atoms with E-state index in [0.717, 1.165) is 16.8 Å². The van der Waals surface area contributed by atoms with Gasteiger partial charge in [-0.05, 0) is 37.8 Å². The zero-order valence-corrected chi connectivity index (χ0v) is 11.7. The van der Waals surface area contributed by atoms with Gasteiger partial charge in [0.05, 0.1) is 0 Å². The van der Waals surface area contributed by atoms with Gasteiger partial charge >= 0.3 is 0 Å². The second kappa shape index (κ2) is 4.01. The van der Waals surface area contributed by atoms with E-state index in [9.17, 15) is 0 Å². The Hall–Kier alpha value is -0.600. The fourth-order valence-corrected chi connectivity index (χ4v) is 1.82. The van der Waals surface area contributed by atoms with Crippen LogP contribution in [0, 0.1) is 19.3 Å². The third-order valence-electron chi connectivity index (χ3n) is 3.54. The van der Waals surface area contributed by atoms with Gasteiger partial charge in [0.1, 0.15) is 5.15 Å². The average Bonchev–Trinajstić information content (AvgIpc) is 2.09. The third-order valence-corrected chi connectivity index (χ3v) is 3.83. The quantitative estimate of drug-likeness (QED) is 0.763. The molecule has 0 bridgehead atoms. The molecule has 1 atom stereocenters. The van der Waals surface area contributed by atoms with E-state index >= 15 is 0 Å². The van der Waals surface area contributed by atoms with Crippen LogP contribution < -0.4 is 5.73 Å². The summed E-state index contributed by atoms with van der Waals surface area (Å²) in [7, 11) is 0. The third kappa shape index (κ3) is 2.23. The molecular formula is C13H21ClN2. The van der Waals surface area contributed by atoms with E-state index in [0.29, 0.717) is 5.15 Å². The second-order valence-electron chi connectivity index (χ2n) is 5.68. The van der Waals surface area contributed by atoms with Crippen molar-refractivity contribution in [2.75, 3.05) is 0 Å². The number of rotatable bonds is 1. The molecule has 0 radical (unpaired) electrons. The van der Waals surface area contributed by atoms with Crippen molar-refractivity contribution in [3.63, 3.8) is 0 Å². The van der Waals surface area contributed by atoms with Gasteiger partial charge in [-0.25, -0.2) is 4.98 Å². The molecule has 0 aromatic carbocycles. The Balaban J connectivity index is 3.39. The van der Waals surface area contributed by atoms with Crippen molar-refractivity contribution in [1.29, 1.82) is 0 Å². The molecule has 1 rings (SSSR count). The smallest absolute Gasteiger partial charge is 0.134 e. The number of halogens is 1. The minimum atomic E-state index is -0.491. The van der Waals surface area contributed by atoms with Crippen LogP contribution >= 0.6 is 11.6 Å². The molecule has 2 N–H and O–H groups in total. The molecule has 1 aromatic rings. The lowest BCUT2D eigenvalue weighted by atomic mass is 9.71. The first kappa shape index (κ1) is 13.5. The molecule has 0 saturated carbocycles. The number of hydrogen-bond donors (Lipinski definition) is 1. The van der Waals surface area contributed by atoms with E-state index in [2.05, 4.69) is 31.8 Å². The lowest BCUT2D eigenvalue weighted by Gasteiger charge is -2.39. The molecular weight excluding hydrogens is 220 g/mol. The van der Waals surface area contributed by atoms with Crippen molar-refractivity contribution >= 4 is 11.6 Å². The van der Waals surface area contributed by atoms with Crippen LogP contribution in [0.5, 0.6) is 0 Å². The average molecular weight is 241 g/mol. The Morgan fingerprint density at radius 3 is 2.12 bits per heavy atom. The highest BCUT2D eigenvalue weighted by atomic mass is 35.5. The van der Waals surface area contributed by atoms with Crippen molar-refractivity contribution < 1.29 is 0 Å². The highest BCUT2D eigenvalue weighted by molar-refractivity contribution is 6.30. The SMILES string of the molecule is Cc1cc(C(C)(N)C(C)(C)C)c(Cl)nc1C. The van der Waals surface area contributed by atoms with Gasteiger partial charge in [0.25, 0.3) is 0 Å². The molecule has 0 fully saturated rings. The molecule has 16 heavy (non-hydrogen) atoms. The standard InChI is InChI=1S/C13H21ClN2/c1-8-7-10(11(14)16-9(8)2)13(6,15)12(3,4)5/h7H,15H2,1-6H3. The molecule has 1 unspecified atom stereocenters. The summed E-state index contributed by atoms with van der Waals surface area (Å²) in [5.41, 5.74) is 8.85. The number of nitrogens with zero attached hydrogens (tertiary/aromatic N) is 1. The fraction of sp³-hybridized carbons (Fsp3) is 0.615. The molecule has 1 aromatic heterocycles. The summed E-state index contributed by atoms with van der Waals surface area (Å²) in [6.07, 6.45) is 0. The molecule has 0 spiro atoms. The molecule has 0 aliphatic heterocycles. The van der Waals surface area contributed by atoms with Gasteiger partial charge in [0, 0.05) is 16.8 Å². The van der Waals surface area contributed by atoms with E-state index in [-0.39, 0.29) is 5.41 Å². The first-order chi connectivity index (χ1) is 7.07. The first-order valence-electron chi connectivity index (χ1n) is 5.50. The molecule has 0 amide bonds. The Morgan fingerprint density at radius 1 is 1.19 bits per heavy atom. The Labute approximate surface area is 103 Å². The number of hydrogen-bond acceptors (Lipinski definition) is 2. The maximum atomic E-state index is 6.41. The van der Waals surface area contributed by atoms with Crippen LogP contribution in [0.1, 0.15) is 44.5 Å². The Morgan fingerprint density at radius 2 is 1.69 bits per heavy atom. The van der Waals surface area contributed by atoms with Gasteiger partial charge in [0.2, 0.25) is 0 Å². The number of aromatic nitrogens is 1. The van der Waals surface area contributed by atoms with E-state index in [1.54, 1.807) is 0 Å². The van der Waals surface area contributed by atoms with Crippen LogP contribution in [0.3, 0.4) is 0 Å². The highest BCUT2D eigenvalue weighted by Crippen LogP contribution is 2.39. The number of nitrogens with two attached hydrogens (primary N) is 1. The fourth-order valence-electron chi connectivity index (χ4n) is 1.44. The lowest BCUT2D eigenvalue weighted by molar-refractivity contribution is 0.210. The topological polar surface area (TPSA) is 38.9 Å².